The van der Waals surface area contributed by atoms with E-state index in [1.807, 2.05) is 40.7 Å². The van der Waals surface area contributed by atoms with Gasteiger partial charge in [0.2, 0.25) is 0 Å². The summed E-state index contributed by atoms with van der Waals surface area (Å²) in [6, 6.07) is 2.04. The molecule has 4 nitrogen and oxygen atoms in total. The van der Waals surface area contributed by atoms with E-state index in [2.05, 4.69) is 10.1 Å². The second-order valence-corrected chi connectivity index (χ2v) is 4.64. The maximum Gasteiger partial charge on any atom is 0.257 e. The zero-order chi connectivity index (χ0) is 12.7. The van der Waals surface area contributed by atoms with Crippen molar-refractivity contribution < 1.29 is 4.79 Å². The lowest BCUT2D eigenvalue weighted by Gasteiger charge is -2.15. The van der Waals surface area contributed by atoms with Gasteiger partial charge in [-0.15, -0.1) is 0 Å². The summed E-state index contributed by atoms with van der Waals surface area (Å²) in [6.45, 7) is 9.66. The van der Waals surface area contributed by atoms with Gasteiger partial charge in [0.1, 0.15) is 0 Å². The van der Waals surface area contributed by atoms with Crippen LogP contribution in [0.4, 0.5) is 5.82 Å². The Morgan fingerprint density at radius 1 is 1.18 bits per heavy atom. The Bertz CT molecular complexity index is 520. The number of pyridine rings is 1. The Morgan fingerprint density at radius 3 is 2.35 bits per heavy atom. The standard InChI is InChI=1S/C13H17N3O/c1-7-6-8(2)12(14-10(7)4)16-13(17)9(3)11(5)15-16/h6,9H,1-5H3. The number of aryl methyl sites for hydroxylation is 3. The van der Waals surface area contributed by atoms with Gasteiger partial charge < -0.3 is 0 Å². The number of amides is 1. The van der Waals surface area contributed by atoms with Crippen LogP contribution in [0.15, 0.2) is 11.2 Å². The van der Waals surface area contributed by atoms with Crippen LogP contribution in [0.2, 0.25) is 0 Å². The lowest BCUT2D eigenvalue weighted by Crippen LogP contribution is -2.26. The first-order valence-corrected chi connectivity index (χ1v) is 5.75. The number of carbonyl (C=O) groups excluding carboxylic acids is 1. The van der Waals surface area contributed by atoms with Gasteiger partial charge in [-0.1, -0.05) is 6.07 Å². The number of hydrogen-bond acceptors (Lipinski definition) is 3. The molecule has 0 bridgehead atoms. The summed E-state index contributed by atoms with van der Waals surface area (Å²) in [4.78, 5) is 16.5. The fourth-order valence-corrected chi connectivity index (χ4v) is 1.85. The van der Waals surface area contributed by atoms with Crippen molar-refractivity contribution in [2.45, 2.75) is 34.6 Å². The third kappa shape index (κ3) is 1.84. The van der Waals surface area contributed by atoms with Crippen LogP contribution in [0.25, 0.3) is 0 Å². The van der Waals surface area contributed by atoms with Crippen molar-refractivity contribution in [2.24, 2.45) is 11.0 Å². The van der Waals surface area contributed by atoms with Gasteiger partial charge in [-0.05, 0) is 45.7 Å². The van der Waals surface area contributed by atoms with E-state index in [0.717, 1.165) is 22.5 Å². The van der Waals surface area contributed by atoms with Gasteiger partial charge in [0.05, 0.1) is 5.92 Å². The first kappa shape index (κ1) is 11.8. The first-order valence-electron chi connectivity index (χ1n) is 5.75. The second-order valence-electron chi connectivity index (χ2n) is 4.64. The Morgan fingerprint density at radius 2 is 1.82 bits per heavy atom. The molecule has 0 fully saturated rings. The normalized spacial score (nSPS) is 19.8. The van der Waals surface area contributed by atoms with Crippen LogP contribution in [0.5, 0.6) is 0 Å². The van der Waals surface area contributed by atoms with Crippen LogP contribution in [-0.4, -0.2) is 16.6 Å². The van der Waals surface area contributed by atoms with Gasteiger partial charge in [-0.3, -0.25) is 4.79 Å². The Labute approximate surface area is 101 Å². The van der Waals surface area contributed by atoms with Crippen molar-refractivity contribution in [1.29, 1.82) is 0 Å². The molecule has 17 heavy (non-hydrogen) atoms. The summed E-state index contributed by atoms with van der Waals surface area (Å²) in [6.07, 6.45) is 0. The summed E-state index contributed by atoms with van der Waals surface area (Å²) >= 11 is 0. The van der Waals surface area contributed by atoms with Crippen LogP contribution in [0, 0.1) is 26.7 Å². The van der Waals surface area contributed by atoms with Gasteiger partial charge in [-0.2, -0.15) is 10.1 Å². The monoisotopic (exact) mass is 231 g/mol. The molecule has 0 saturated heterocycles. The lowest BCUT2D eigenvalue weighted by molar-refractivity contribution is -0.119. The molecule has 1 amide bonds. The van der Waals surface area contributed by atoms with Gasteiger partial charge in [0.25, 0.3) is 5.91 Å². The van der Waals surface area contributed by atoms with E-state index in [9.17, 15) is 4.79 Å². The maximum atomic E-state index is 12.0. The number of aromatic nitrogens is 1. The first-order chi connectivity index (χ1) is 7.91. The molecule has 0 N–H and O–H groups in total. The highest BCUT2D eigenvalue weighted by Gasteiger charge is 2.32. The number of rotatable bonds is 1. The van der Waals surface area contributed by atoms with E-state index < -0.39 is 0 Å². The summed E-state index contributed by atoms with van der Waals surface area (Å²) in [7, 11) is 0. The van der Waals surface area contributed by atoms with E-state index in [1.54, 1.807) is 0 Å². The van der Waals surface area contributed by atoms with Crippen LogP contribution in [0.1, 0.15) is 30.7 Å². The molecule has 0 aromatic carbocycles. The molecule has 1 aromatic rings. The molecule has 2 rings (SSSR count). The number of nitrogens with zero attached hydrogens (tertiary/aromatic N) is 3. The molecular formula is C13H17N3O. The van der Waals surface area contributed by atoms with E-state index in [-0.39, 0.29) is 11.8 Å². The van der Waals surface area contributed by atoms with Crippen LogP contribution >= 0.6 is 0 Å². The molecule has 1 aliphatic rings. The average molecular weight is 231 g/mol. The summed E-state index contributed by atoms with van der Waals surface area (Å²) in [5.74, 6) is 0.515. The van der Waals surface area contributed by atoms with Crippen molar-refractivity contribution in [3.63, 3.8) is 0 Å². The molecule has 4 heteroatoms. The quantitative estimate of drug-likeness (QED) is 0.744. The molecule has 0 radical (unpaired) electrons. The highest BCUT2D eigenvalue weighted by atomic mass is 16.2. The molecule has 1 aliphatic heterocycles. The third-order valence-electron chi connectivity index (χ3n) is 3.29. The maximum absolute atomic E-state index is 12.0. The highest BCUT2D eigenvalue weighted by molar-refractivity contribution is 6.14. The highest BCUT2D eigenvalue weighted by Crippen LogP contribution is 2.26. The number of hydrazone groups is 1. The zero-order valence-corrected chi connectivity index (χ0v) is 10.9. The van der Waals surface area contributed by atoms with E-state index in [0.29, 0.717) is 5.82 Å². The number of hydrogen-bond donors (Lipinski definition) is 0. The predicted molar refractivity (Wildman–Crippen MR) is 68.2 cm³/mol. The van der Waals surface area contributed by atoms with Crippen LogP contribution < -0.4 is 5.01 Å². The third-order valence-corrected chi connectivity index (χ3v) is 3.29. The zero-order valence-electron chi connectivity index (χ0n) is 10.9. The van der Waals surface area contributed by atoms with E-state index >= 15 is 0 Å². The molecule has 2 heterocycles. The molecular weight excluding hydrogens is 214 g/mol. The van der Waals surface area contributed by atoms with Crippen LogP contribution in [0.3, 0.4) is 0 Å². The molecule has 1 aromatic heterocycles. The predicted octanol–water partition coefficient (Wildman–Crippen LogP) is 2.37. The molecule has 0 spiro atoms. The van der Waals surface area contributed by atoms with Gasteiger partial charge in [0.15, 0.2) is 5.82 Å². The average Bonchev–Trinajstić information content (AvgIpc) is 2.51. The Hall–Kier alpha value is -1.71. The smallest absolute Gasteiger partial charge is 0.257 e. The van der Waals surface area contributed by atoms with Gasteiger partial charge in [0, 0.05) is 11.4 Å². The fourth-order valence-electron chi connectivity index (χ4n) is 1.85. The Balaban J connectivity index is 2.49. The Kier molecular flexibility index (Phi) is 2.73. The lowest BCUT2D eigenvalue weighted by atomic mass is 10.1. The largest absolute Gasteiger partial charge is 0.272 e. The SMILES string of the molecule is CC1=NN(c2nc(C)c(C)cc2C)C(=O)C1C. The number of anilines is 1. The molecule has 90 valence electrons. The fraction of sp³-hybridized carbons (Fsp3) is 0.462. The van der Waals surface area contributed by atoms with Crippen molar-refractivity contribution >= 4 is 17.4 Å². The van der Waals surface area contributed by atoms with Crippen molar-refractivity contribution in [3.8, 4) is 0 Å². The van der Waals surface area contributed by atoms with Gasteiger partial charge >= 0.3 is 0 Å². The summed E-state index contributed by atoms with van der Waals surface area (Å²) in [5, 5.41) is 5.72. The van der Waals surface area contributed by atoms with Crippen molar-refractivity contribution in [3.05, 3.63) is 22.9 Å². The summed E-state index contributed by atoms with van der Waals surface area (Å²) in [5.41, 5.74) is 3.89. The van der Waals surface area contributed by atoms with Crippen LogP contribution in [-0.2, 0) is 4.79 Å². The minimum atomic E-state index is -0.141. The van der Waals surface area contributed by atoms with E-state index in [4.69, 9.17) is 0 Å². The van der Waals surface area contributed by atoms with Crippen molar-refractivity contribution in [2.75, 3.05) is 5.01 Å². The van der Waals surface area contributed by atoms with E-state index in [1.165, 1.54) is 5.01 Å². The molecule has 0 aliphatic carbocycles. The molecule has 1 unspecified atom stereocenters. The second kappa shape index (κ2) is 3.95. The topological polar surface area (TPSA) is 45.6 Å². The molecule has 0 saturated carbocycles. The van der Waals surface area contributed by atoms with Gasteiger partial charge in [-0.25, -0.2) is 4.98 Å². The number of carbonyl (C=O) groups is 1. The minimum Gasteiger partial charge on any atom is -0.272 e. The molecule has 1 atom stereocenters. The minimum absolute atomic E-state index is 0.00125. The summed E-state index contributed by atoms with van der Waals surface area (Å²) < 4.78 is 0. The van der Waals surface area contributed by atoms with Crippen molar-refractivity contribution in [1.82, 2.24) is 4.98 Å².